The average molecular weight is 268 g/mol. The highest BCUT2D eigenvalue weighted by molar-refractivity contribution is 5.87. The second-order valence-electron chi connectivity index (χ2n) is 5.51. The van der Waals surface area contributed by atoms with Gasteiger partial charge in [0.25, 0.3) is 0 Å². The fourth-order valence-electron chi connectivity index (χ4n) is 2.64. The normalized spacial score (nSPS) is 11.7. The summed E-state index contributed by atoms with van der Waals surface area (Å²) in [6.07, 6.45) is 6.79. The molecule has 0 bridgehead atoms. The monoisotopic (exact) mass is 268 g/mol. The lowest BCUT2D eigenvalue weighted by atomic mass is 10.0. The molecule has 1 aromatic carbocycles. The Bertz CT molecular complexity index is 749. The Labute approximate surface area is 119 Å². The molecule has 3 rings (SSSR count). The Balaban J connectivity index is 2.25. The molecule has 0 saturated carbocycles. The summed E-state index contributed by atoms with van der Waals surface area (Å²) in [5, 5.41) is 0. The maximum absolute atomic E-state index is 4.59. The lowest BCUT2D eigenvalue weighted by Crippen LogP contribution is -1.98. The van der Waals surface area contributed by atoms with Crippen LogP contribution in [0.5, 0.6) is 0 Å². The van der Waals surface area contributed by atoms with Crippen molar-refractivity contribution >= 4 is 11.0 Å². The van der Waals surface area contributed by atoms with E-state index in [1.54, 1.807) is 0 Å². The van der Waals surface area contributed by atoms with E-state index >= 15 is 0 Å². The van der Waals surface area contributed by atoms with E-state index in [4.69, 9.17) is 0 Å². The molecule has 0 atom stereocenters. The van der Waals surface area contributed by atoms with Crippen LogP contribution in [0.25, 0.3) is 16.7 Å². The summed E-state index contributed by atoms with van der Waals surface area (Å²) < 4.78 is 4.17. The number of rotatable bonds is 3. The van der Waals surface area contributed by atoms with Gasteiger partial charge in [-0.2, -0.15) is 0 Å². The third-order valence-corrected chi connectivity index (χ3v) is 3.77. The second-order valence-corrected chi connectivity index (χ2v) is 5.51. The van der Waals surface area contributed by atoms with Crippen LogP contribution in [0.2, 0.25) is 0 Å². The molecule has 20 heavy (non-hydrogen) atoms. The Morgan fingerprint density at radius 2 is 1.95 bits per heavy atom. The zero-order valence-electron chi connectivity index (χ0n) is 12.5. The van der Waals surface area contributed by atoms with Crippen LogP contribution in [-0.4, -0.2) is 19.1 Å². The lowest BCUT2D eigenvalue weighted by Gasteiger charge is -2.11. The Hall–Kier alpha value is -2.10. The van der Waals surface area contributed by atoms with Crippen molar-refractivity contribution in [3.63, 3.8) is 0 Å². The molecule has 0 unspecified atom stereocenters. The molecule has 0 fully saturated rings. The van der Waals surface area contributed by atoms with Gasteiger partial charge in [0.15, 0.2) is 0 Å². The second kappa shape index (κ2) is 4.78. The molecule has 3 aromatic rings. The maximum Gasteiger partial charge on any atom is 0.113 e. The third kappa shape index (κ3) is 1.92. The summed E-state index contributed by atoms with van der Waals surface area (Å²) >= 11 is 0. The molecule has 4 nitrogen and oxygen atoms in total. The summed E-state index contributed by atoms with van der Waals surface area (Å²) in [7, 11) is 2.05. The number of aromatic nitrogens is 4. The SMILES string of the molecule is CCc1cn(-c2ccc(C(C)C)c3c2ncn3C)cn1. The highest BCUT2D eigenvalue weighted by Gasteiger charge is 2.14. The van der Waals surface area contributed by atoms with Crippen molar-refractivity contribution in [1.82, 2.24) is 19.1 Å². The van der Waals surface area contributed by atoms with Crippen molar-refractivity contribution in [2.45, 2.75) is 33.1 Å². The first-order chi connectivity index (χ1) is 9.61. The molecule has 0 amide bonds. The molecule has 4 heteroatoms. The van der Waals surface area contributed by atoms with Crippen molar-refractivity contribution in [2.24, 2.45) is 7.05 Å². The standard InChI is InChI=1S/C16H20N4/c1-5-12-8-20(10-17-12)14-7-6-13(11(2)3)16-15(14)18-9-19(16)4/h6-11H,5H2,1-4H3. The van der Waals surface area contributed by atoms with Crippen LogP contribution < -0.4 is 0 Å². The summed E-state index contributed by atoms with van der Waals surface area (Å²) in [6, 6.07) is 4.35. The quantitative estimate of drug-likeness (QED) is 0.729. The molecule has 0 aliphatic rings. The molecule has 2 aromatic heterocycles. The predicted octanol–water partition coefficient (Wildman–Crippen LogP) is 3.44. The van der Waals surface area contributed by atoms with E-state index in [0.717, 1.165) is 23.3 Å². The van der Waals surface area contributed by atoms with Gasteiger partial charge in [-0.15, -0.1) is 0 Å². The number of aryl methyl sites for hydroxylation is 2. The molecule has 0 radical (unpaired) electrons. The van der Waals surface area contributed by atoms with Gasteiger partial charge < -0.3 is 9.13 Å². The van der Waals surface area contributed by atoms with Gasteiger partial charge in [0, 0.05) is 13.2 Å². The van der Waals surface area contributed by atoms with Crippen molar-refractivity contribution < 1.29 is 0 Å². The van der Waals surface area contributed by atoms with Crippen LogP contribution in [0.1, 0.15) is 37.9 Å². The summed E-state index contributed by atoms with van der Waals surface area (Å²) in [4.78, 5) is 9.00. The number of nitrogens with zero attached hydrogens (tertiary/aromatic N) is 4. The number of fused-ring (bicyclic) bond motifs is 1. The van der Waals surface area contributed by atoms with Crippen LogP contribution in [-0.2, 0) is 13.5 Å². The highest BCUT2D eigenvalue weighted by Crippen LogP contribution is 2.29. The van der Waals surface area contributed by atoms with Crippen LogP contribution in [0.3, 0.4) is 0 Å². The summed E-state index contributed by atoms with van der Waals surface area (Å²) in [6.45, 7) is 6.55. The zero-order chi connectivity index (χ0) is 14.3. The fraction of sp³-hybridized carbons (Fsp3) is 0.375. The molecular formula is C16H20N4. The molecule has 2 heterocycles. The van der Waals surface area contributed by atoms with Gasteiger partial charge in [-0.25, -0.2) is 9.97 Å². The molecular weight excluding hydrogens is 248 g/mol. The van der Waals surface area contributed by atoms with Crippen molar-refractivity contribution in [3.8, 4) is 5.69 Å². The Kier molecular flexibility index (Phi) is 3.08. The van der Waals surface area contributed by atoms with E-state index in [1.165, 1.54) is 11.1 Å². The first kappa shape index (κ1) is 12.9. The van der Waals surface area contributed by atoms with E-state index in [0.29, 0.717) is 5.92 Å². The van der Waals surface area contributed by atoms with Crippen molar-refractivity contribution in [3.05, 3.63) is 42.2 Å². The zero-order valence-corrected chi connectivity index (χ0v) is 12.5. The largest absolute Gasteiger partial charge is 0.333 e. The molecule has 0 N–H and O–H groups in total. The van der Waals surface area contributed by atoms with Gasteiger partial charge in [0.05, 0.1) is 29.6 Å². The van der Waals surface area contributed by atoms with E-state index < -0.39 is 0 Å². The van der Waals surface area contributed by atoms with E-state index in [-0.39, 0.29) is 0 Å². The first-order valence-corrected chi connectivity index (χ1v) is 7.09. The van der Waals surface area contributed by atoms with Gasteiger partial charge >= 0.3 is 0 Å². The Morgan fingerprint density at radius 1 is 1.15 bits per heavy atom. The summed E-state index contributed by atoms with van der Waals surface area (Å²) in [5.41, 5.74) is 5.78. The third-order valence-electron chi connectivity index (χ3n) is 3.77. The molecule has 0 saturated heterocycles. The van der Waals surface area contributed by atoms with Crippen LogP contribution >= 0.6 is 0 Å². The lowest BCUT2D eigenvalue weighted by molar-refractivity contribution is 0.854. The first-order valence-electron chi connectivity index (χ1n) is 7.09. The van der Waals surface area contributed by atoms with E-state index in [1.807, 2.05) is 12.7 Å². The Morgan fingerprint density at radius 3 is 2.60 bits per heavy atom. The topological polar surface area (TPSA) is 35.6 Å². The average Bonchev–Trinajstić information content (AvgIpc) is 3.05. The highest BCUT2D eigenvalue weighted by atomic mass is 15.1. The van der Waals surface area contributed by atoms with Crippen molar-refractivity contribution in [1.29, 1.82) is 0 Å². The van der Waals surface area contributed by atoms with Gasteiger partial charge in [-0.05, 0) is 24.0 Å². The minimum atomic E-state index is 0.482. The van der Waals surface area contributed by atoms with Crippen LogP contribution in [0.15, 0.2) is 31.0 Å². The van der Waals surface area contributed by atoms with Crippen molar-refractivity contribution in [2.75, 3.05) is 0 Å². The fourth-order valence-corrected chi connectivity index (χ4v) is 2.64. The predicted molar refractivity (Wildman–Crippen MR) is 81.3 cm³/mol. The molecule has 0 aliphatic heterocycles. The molecule has 0 spiro atoms. The van der Waals surface area contributed by atoms with Gasteiger partial charge in [-0.1, -0.05) is 26.8 Å². The molecule has 104 valence electrons. The van der Waals surface area contributed by atoms with E-state index in [2.05, 4.69) is 65.3 Å². The van der Waals surface area contributed by atoms with Gasteiger partial charge in [0.1, 0.15) is 5.52 Å². The van der Waals surface area contributed by atoms with E-state index in [9.17, 15) is 0 Å². The van der Waals surface area contributed by atoms with Crippen LogP contribution in [0, 0.1) is 0 Å². The number of hydrogen-bond acceptors (Lipinski definition) is 2. The minimum absolute atomic E-state index is 0.482. The maximum atomic E-state index is 4.59. The van der Waals surface area contributed by atoms with Crippen LogP contribution in [0.4, 0.5) is 0 Å². The smallest absolute Gasteiger partial charge is 0.113 e. The summed E-state index contributed by atoms with van der Waals surface area (Å²) in [5.74, 6) is 0.482. The van der Waals surface area contributed by atoms with Gasteiger partial charge in [-0.3, -0.25) is 0 Å². The number of benzene rings is 1. The minimum Gasteiger partial charge on any atom is -0.333 e. The number of hydrogen-bond donors (Lipinski definition) is 0. The number of imidazole rings is 2. The molecule has 0 aliphatic carbocycles. The van der Waals surface area contributed by atoms with Gasteiger partial charge in [0.2, 0.25) is 0 Å².